The largest absolute Gasteiger partial charge is 0.449 e. The molecule has 0 aromatic heterocycles. The first kappa shape index (κ1) is 20.4. The number of esters is 1. The lowest BCUT2D eigenvalue weighted by molar-refractivity contribution is -0.148. The van der Waals surface area contributed by atoms with Crippen molar-refractivity contribution in [2.24, 2.45) is 0 Å². The van der Waals surface area contributed by atoms with Gasteiger partial charge in [-0.2, -0.15) is 0 Å². The molecule has 1 atom stereocenters. The van der Waals surface area contributed by atoms with Crippen LogP contribution in [0.15, 0.2) is 48.5 Å². The van der Waals surface area contributed by atoms with Crippen LogP contribution in [0.1, 0.15) is 43.0 Å². The Bertz CT molecular complexity index is 800. The molecule has 0 aliphatic rings. The molecule has 1 amide bonds. The van der Waals surface area contributed by atoms with Crippen LogP contribution in [0.5, 0.6) is 0 Å². The summed E-state index contributed by atoms with van der Waals surface area (Å²) in [5, 5.41) is 2.93. The number of amides is 1. The molecule has 0 spiro atoms. The van der Waals surface area contributed by atoms with Gasteiger partial charge in [0.2, 0.25) is 0 Å². The van der Waals surface area contributed by atoms with Crippen molar-refractivity contribution in [1.29, 1.82) is 0 Å². The van der Waals surface area contributed by atoms with Crippen LogP contribution in [-0.4, -0.2) is 18.0 Å². The molecule has 0 aliphatic heterocycles. The number of benzene rings is 2. The Hall–Kier alpha value is -2.88. The van der Waals surface area contributed by atoms with Crippen LogP contribution in [0, 0.1) is 6.92 Å². The molecule has 0 heterocycles. The molecule has 0 saturated heterocycles. The van der Waals surface area contributed by atoms with Crippen LogP contribution in [0.4, 0.5) is 5.69 Å². The molecule has 27 heavy (non-hydrogen) atoms. The van der Waals surface area contributed by atoms with Crippen molar-refractivity contribution in [3.63, 3.8) is 0 Å². The molecule has 2 rings (SSSR count). The number of aryl methyl sites for hydroxylation is 3. The minimum Gasteiger partial charge on any atom is -0.449 e. The quantitative estimate of drug-likeness (QED) is 0.571. The van der Waals surface area contributed by atoms with Crippen molar-refractivity contribution in [3.8, 4) is 0 Å². The van der Waals surface area contributed by atoms with E-state index in [1.165, 1.54) is 6.08 Å². The number of anilines is 1. The minimum absolute atomic E-state index is 0.331. The Kier molecular flexibility index (Phi) is 7.35. The first-order valence-corrected chi connectivity index (χ1v) is 9.31. The predicted molar refractivity (Wildman–Crippen MR) is 110 cm³/mol. The Labute approximate surface area is 161 Å². The van der Waals surface area contributed by atoms with Gasteiger partial charge >= 0.3 is 5.97 Å². The predicted octanol–water partition coefficient (Wildman–Crippen LogP) is 4.70. The number of hydrogen-bond acceptors (Lipinski definition) is 3. The number of nitrogens with one attached hydrogen (secondary N) is 1. The summed E-state index contributed by atoms with van der Waals surface area (Å²) in [4.78, 5) is 24.5. The molecule has 0 saturated carbocycles. The molecular formula is C23H27NO3. The van der Waals surface area contributed by atoms with E-state index in [1.54, 1.807) is 13.0 Å². The van der Waals surface area contributed by atoms with Crippen LogP contribution in [-0.2, 0) is 27.2 Å². The van der Waals surface area contributed by atoms with Gasteiger partial charge in [0.05, 0.1) is 0 Å². The van der Waals surface area contributed by atoms with E-state index >= 15 is 0 Å². The lowest BCUT2D eigenvalue weighted by Gasteiger charge is -2.17. The molecule has 0 bridgehead atoms. The van der Waals surface area contributed by atoms with Crippen molar-refractivity contribution < 1.29 is 14.3 Å². The number of ether oxygens (including phenoxy) is 1. The third kappa shape index (κ3) is 5.81. The monoisotopic (exact) mass is 365 g/mol. The van der Waals surface area contributed by atoms with E-state index < -0.39 is 12.1 Å². The van der Waals surface area contributed by atoms with E-state index in [0.29, 0.717) is 0 Å². The molecule has 4 nitrogen and oxygen atoms in total. The molecule has 4 heteroatoms. The Morgan fingerprint density at radius 2 is 1.63 bits per heavy atom. The van der Waals surface area contributed by atoms with Crippen molar-refractivity contribution in [2.45, 2.75) is 46.6 Å². The van der Waals surface area contributed by atoms with E-state index in [4.69, 9.17) is 4.74 Å². The highest BCUT2D eigenvalue weighted by molar-refractivity contribution is 5.97. The van der Waals surface area contributed by atoms with Gasteiger partial charge in [0.1, 0.15) is 0 Å². The van der Waals surface area contributed by atoms with E-state index in [-0.39, 0.29) is 5.91 Å². The van der Waals surface area contributed by atoms with Gasteiger partial charge < -0.3 is 10.1 Å². The summed E-state index contributed by atoms with van der Waals surface area (Å²) in [5.74, 6) is -0.875. The van der Waals surface area contributed by atoms with Gasteiger partial charge in [-0.25, -0.2) is 4.79 Å². The summed E-state index contributed by atoms with van der Waals surface area (Å²) in [6.07, 6.45) is 3.77. The molecule has 0 aliphatic carbocycles. The fourth-order valence-electron chi connectivity index (χ4n) is 2.74. The highest BCUT2D eigenvalue weighted by atomic mass is 16.5. The third-order valence-electron chi connectivity index (χ3n) is 4.40. The van der Waals surface area contributed by atoms with Gasteiger partial charge in [-0.05, 0) is 49.5 Å². The van der Waals surface area contributed by atoms with E-state index in [9.17, 15) is 9.59 Å². The standard InChI is InChI=1S/C23H27NO3/c1-5-19-8-7-9-20(6-2)22(19)24-23(26)17(4)27-21(25)15-14-18-12-10-16(3)11-13-18/h7-15,17H,5-6H2,1-4H3,(H,24,26)/t17-/m0/s1. The number of carbonyl (C=O) groups is 2. The zero-order valence-electron chi connectivity index (χ0n) is 16.4. The van der Waals surface area contributed by atoms with Gasteiger partial charge in [-0.15, -0.1) is 0 Å². The second-order valence-electron chi connectivity index (χ2n) is 6.47. The smallest absolute Gasteiger partial charge is 0.331 e. The maximum atomic E-state index is 12.5. The average Bonchev–Trinajstić information content (AvgIpc) is 2.67. The fourth-order valence-corrected chi connectivity index (χ4v) is 2.74. The van der Waals surface area contributed by atoms with E-state index in [1.807, 2.05) is 63.2 Å². The SMILES string of the molecule is CCc1cccc(CC)c1NC(=O)[C@H](C)OC(=O)C=Cc1ccc(C)cc1. The first-order chi connectivity index (χ1) is 12.9. The highest BCUT2D eigenvalue weighted by Gasteiger charge is 2.19. The number of hydrogen-bond donors (Lipinski definition) is 1. The Morgan fingerprint density at radius 3 is 2.19 bits per heavy atom. The molecule has 0 fully saturated rings. The van der Waals surface area contributed by atoms with Crippen molar-refractivity contribution in [1.82, 2.24) is 0 Å². The van der Waals surface area contributed by atoms with Crippen LogP contribution in [0.2, 0.25) is 0 Å². The van der Waals surface area contributed by atoms with Crippen molar-refractivity contribution >= 4 is 23.6 Å². The molecular weight excluding hydrogens is 338 g/mol. The molecule has 142 valence electrons. The summed E-state index contributed by atoms with van der Waals surface area (Å²) in [6, 6.07) is 13.8. The molecule has 2 aromatic carbocycles. The molecule has 2 aromatic rings. The zero-order chi connectivity index (χ0) is 19.8. The normalized spacial score (nSPS) is 12.0. The number of para-hydroxylation sites is 1. The minimum atomic E-state index is -0.880. The topological polar surface area (TPSA) is 55.4 Å². The van der Waals surface area contributed by atoms with Crippen LogP contribution < -0.4 is 5.32 Å². The van der Waals surface area contributed by atoms with Gasteiger partial charge in [0.25, 0.3) is 5.91 Å². The second kappa shape index (κ2) is 9.72. The van der Waals surface area contributed by atoms with Gasteiger partial charge in [-0.3, -0.25) is 4.79 Å². The maximum Gasteiger partial charge on any atom is 0.331 e. The lowest BCUT2D eigenvalue weighted by atomic mass is 10.0. The van der Waals surface area contributed by atoms with Crippen molar-refractivity contribution in [2.75, 3.05) is 5.32 Å². The molecule has 0 unspecified atom stereocenters. The lowest BCUT2D eigenvalue weighted by Crippen LogP contribution is -2.30. The average molecular weight is 365 g/mol. The zero-order valence-corrected chi connectivity index (χ0v) is 16.4. The van der Waals surface area contributed by atoms with Crippen LogP contribution in [0.3, 0.4) is 0 Å². The Balaban J connectivity index is 1.99. The van der Waals surface area contributed by atoms with Crippen LogP contribution >= 0.6 is 0 Å². The summed E-state index contributed by atoms with van der Waals surface area (Å²) in [7, 11) is 0. The summed E-state index contributed by atoms with van der Waals surface area (Å²) in [5.41, 5.74) is 5.02. The molecule has 0 radical (unpaired) electrons. The molecule has 1 N–H and O–H groups in total. The highest BCUT2D eigenvalue weighted by Crippen LogP contribution is 2.23. The fraction of sp³-hybridized carbons (Fsp3) is 0.304. The van der Waals surface area contributed by atoms with Gasteiger partial charge in [0.15, 0.2) is 6.10 Å². The number of rotatable bonds is 7. The number of carbonyl (C=O) groups excluding carboxylic acids is 2. The third-order valence-corrected chi connectivity index (χ3v) is 4.40. The summed E-state index contributed by atoms with van der Waals surface area (Å²) >= 11 is 0. The maximum absolute atomic E-state index is 12.5. The summed E-state index contributed by atoms with van der Waals surface area (Å²) < 4.78 is 5.24. The second-order valence-corrected chi connectivity index (χ2v) is 6.47. The van der Waals surface area contributed by atoms with Crippen LogP contribution in [0.25, 0.3) is 6.08 Å². The van der Waals surface area contributed by atoms with Gasteiger partial charge in [-0.1, -0.05) is 61.9 Å². The van der Waals surface area contributed by atoms with Gasteiger partial charge in [0, 0.05) is 11.8 Å². The van der Waals surface area contributed by atoms with E-state index in [0.717, 1.165) is 40.8 Å². The van der Waals surface area contributed by atoms with E-state index in [2.05, 4.69) is 5.32 Å². The van der Waals surface area contributed by atoms with Crippen molar-refractivity contribution in [3.05, 3.63) is 70.8 Å². The first-order valence-electron chi connectivity index (χ1n) is 9.31. The Morgan fingerprint density at radius 1 is 1.04 bits per heavy atom. The summed E-state index contributed by atoms with van der Waals surface area (Å²) in [6.45, 7) is 7.67.